The zero-order valence-electron chi connectivity index (χ0n) is 10.4. The SMILES string of the molecule is Cn1nnc(CN(CC(=O)O)c2ccccc2N)n1. The van der Waals surface area contributed by atoms with Crippen LogP contribution < -0.4 is 10.6 Å². The molecule has 0 spiro atoms. The molecule has 3 N–H and O–H groups in total. The molecule has 1 aromatic heterocycles. The number of nitrogens with two attached hydrogens (primary N) is 1. The molecule has 0 saturated heterocycles. The molecule has 0 amide bonds. The van der Waals surface area contributed by atoms with E-state index in [1.165, 1.54) is 4.80 Å². The number of aliphatic carboxylic acids is 1. The highest BCUT2D eigenvalue weighted by Crippen LogP contribution is 2.23. The molecule has 1 aromatic carbocycles. The number of nitrogens with zero attached hydrogens (tertiary/aromatic N) is 5. The minimum atomic E-state index is -0.952. The Morgan fingerprint density at radius 3 is 2.79 bits per heavy atom. The van der Waals surface area contributed by atoms with E-state index in [-0.39, 0.29) is 13.1 Å². The number of carbonyl (C=O) groups is 1. The van der Waals surface area contributed by atoms with Gasteiger partial charge in [0.15, 0.2) is 5.82 Å². The third-order valence-electron chi connectivity index (χ3n) is 2.49. The van der Waals surface area contributed by atoms with E-state index in [1.807, 2.05) is 0 Å². The molecule has 0 aliphatic heterocycles. The molecule has 0 radical (unpaired) electrons. The van der Waals surface area contributed by atoms with Gasteiger partial charge < -0.3 is 15.7 Å². The molecule has 8 heteroatoms. The number of rotatable bonds is 5. The molecular formula is C11H14N6O2. The van der Waals surface area contributed by atoms with Crippen molar-refractivity contribution in [3.8, 4) is 0 Å². The second-order valence-electron chi connectivity index (χ2n) is 4.00. The average molecular weight is 262 g/mol. The first-order valence-corrected chi connectivity index (χ1v) is 5.60. The van der Waals surface area contributed by atoms with Gasteiger partial charge in [-0.3, -0.25) is 4.79 Å². The van der Waals surface area contributed by atoms with E-state index >= 15 is 0 Å². The van der Waals surface area contributed by atoms with Crippen molar-refractivity contribution in [3.63, 3.8) is 0 Å². The Kier molecular flexibility index (Phi) is 3.60. The van der Waals surface area contributed by atoms with E-state index in [9.17, 15) is 4.79 Å². The van der Waals surface area contributed by atoms with Crippen LogP contribution in [0.2, 0.25) is 0 Å². The van der Waals surface area contributed by atoms with Crippen molar-refractivity contribution in [2.45, 2.75) is 6.54 Å². The zero-order valence-corrected chi connectivity index (χ0v) is 10.4. The number of hydrogen-bond acceptors (Lipinski definition) is 6. The van der Waals surface area contributed by atoms with Gasteiger partial charge in [0.05, 0.1) is 25.0 Å². The predicted octanol–water partition coefficient (Wildman–Crippen LogP) is -0.116. The molecule has 0 saturated carbocycles. The largest absolute Gasteiger partial charge is 0.480 e. The highest BCUT2D eigenvalue weighted by atomic mass is 16.4. The monoisotopic (exact) mass is 262 g/mol. The fourth-order valence-electron chi connectivity index (χ4n) is 1.72. The Bertz CT molecular complexity index is 582. The fraction of sp³-hybridized carbons (Fsp3) is 0.273. The third kappa shape index (κ3) is 3.18. The molecule has 100 valence electrons. The number of carboxylic acid groups (broad SMARTS) is 1. The Labute approximate surface area is 109 Å². The molecule has 2 aromatic rings. The van der Waals surface area contributed by atoms with Crippen LogP contribution >= 0.6 is 0 Å². The summed E-state index contributed by atoms with van der Waals surface area (Å²) in [6, 6.07) is 7.06. The Balaban J connectivity index is 2.26. The van der Waals surface area contributed by atoms with Crippen molar-refractivity contribution in [1.82, 2.24) is 20.2 Å². The van der Waals surface area contributed by atoms with Gasteiger partial charge >= 0.3 is 5.97 Å². The van der Waals surface area contributed by atoms with Crippen molar-refractivity contribution < 1.29 is 9.90 Å². The van der Waals surface area contributed by atoms with Crippen LogP contribution in [-0.2, 0) is 18.4 Å². The summed E-state index contributed by atoms with van der Waals surface area (Å²) in [4.78, 5) is 13.9. The van der Waals surface area contributed by atoms with E-state index < -0.39 is 5.97 Å². The van der Waals surface area contributed by atoms with Crippen LogP contribution in [0.3, 0.4) is 0 Å². The van der Waals surface area contributed by atoms with Crippen LogP contribution in [0.5, 0.6) is 0 Å². The number of hydrogen-bond donors (Lipinski definition) is 2. The summed E-state index contributed by atoms with van der Waals surface area (Å²) in [5, 5.41) is 20.6. The van der Waals surface area contributed by atoms with Crippen molar-refractivity contribution in [1.29, 1.82) is 0 Å². The molecule has 0 bridgehead atoms. The van der Waals surface area contributed by atoms with Crippen molar-refractivity contribution in [2.24, 2.45) is 7.05 Å². The molecule has 19 heavy (non-hydrogen) atoms. The van der Waals surface area contributed by atoms with Gasteiger partial charge in [0, 0.05) is 0 Å². The molecular weight excluding hydrogens is 248 g/mol. The summed E-state index contributed by atoms with van der Waals surface area (Å²) < 4.78 is 0. The Morgan fingerprint density at radius 1 is 1.47 bits per heavy atom. The van der Waals surface area contributed by atoms with Gasteiger partial charge in [0.25, 0.3) is 0 Å². The quantitative estimate of drug-likeness (QED) is 0.723. The summed E-state index contributed by atoms with van der Waals surface area (Å²) in [5.41, 5.74) is 7.00. The van der Waals surface area contributed by atoms with E-state index in [0.717, 1.165) is 0 Å². The third-order valence-corrected chi connectivity index (χ3v) is 2.49. The van der Waals surface area contributed by atoms with E-state index in [0.29, 0.717) is 17.2 Å². The molecule has 1 heterocycles. The van der Waals surface area contributed by atoms with Crippen molar-refractivity contribution in [3.05, 3.63) is 30.1 Å². The summed E-state index contributed by atoms with van der Waals surface area (Å²) >= 11 is 0. The topological polar surface area (TPSA) is 110 Å². The highest BCUT2D eigenvalue weighted by molar-refractivity contribution is 5.77. The average Bonchev–Trinajstić information content (AvgIpc) is 2.74. The summed E-state index contributed by atoms with van der Waals surface area (Å²) in [6.45, 7) is 0.0425. The lowest BCUT2D eigenvalue weighted by molar-refractivity contribution is -0.135. The van der Waals surface area contributed by atoms with Gasteiger partial charge in [0.1, 0.15) is 6.54 Å². The molecule has 0 aliphatic carbocycles. The molecule has 8 nitrogen and oxygen atoms in total. The van der Waals surface area contributed by atoms with Crippen LogP contribution in [0, 0.1) is 0 Å². The summed E-state index contributed by atoms with van der Waals surface area (Å²) in [7, 11) is 1.65. The smallest absolute Gasteiger partial charge is 0.323 e. The summed E-state index contributed by atoms with van der Waals surface area (Å²) in [5.74, 6) is -0.515. The second-order valence-corrected chi connectivity index (χ2v) is 4.00. The second kappa shape index (κ2) is 5.34. The first-order chi connectivity index (χ1) is 9.06. The Hall–Kier alpha value is -2.64. The zero-order chi connectivity index (χ0) is 13.8. The highest BCUT2D eigenvalue weighted by Gasteiger charge is 2.15. The van der Waals surface area contributed by atoms with Crippen LogP contribution in [0.25, 0.3) is 0 Å². The lowest BCUT2D eigenvalue weighted by Crippen LogP contribution is -2.30. The lowest BCUT2D eigenvalue weighted by atomic mass is 10.2. The van der Waals surface area contributed by atoms with Crippen LogP contribution in [0.15, 0.2) is 24.3 Å². The van der Waals surface area contributed by atoms with Crippen LogP contribution in [-0.4, -0.2) is 37.8 Å². The molecule has 0 fully saturated rings. The van der Waals surface area contributed by atoms with Crippen molar-refractivity contribution >= 4 is 17.3 Å². The normalized spacial score (nSPS) is 10.4. The number of anilines is 2. The maximum Gasteiger partial charge on any atom is 0.323 e. The maximum atomic E-state index is 10.9. The van der Waals surface area contributed by atoms with Crippen LogP contribution in [0.1, 0.15) is 5.82 Å². The summed E-state index contributed by atoms with van der Waals surface area (Å²) in [6.07, 6.45) is 0. The standard InChI is InChI=1S/C11H14N6O2/c1-16-14-10(13-15-16)6-17(7-11(18)19)9-5-3-2-4-8(9)12/h2-5H,6-7,12H2,1H3,(H,18,19). The number of tetrazole rings is 1. The minimum absolute atomic E-state index is 0.188. The first-order valence-electron chi connectivity index (χ1n) is 5.60. The fourth-order valence-corrected chi connectivity index (χ4v) is 1.72. The van der Waals surface area contributed by atoms with Gasteiger partial charge in [-0.15, -0.1) is 10.2 Å². The Morgan fingerprint density at radius 2 is 2.21 bits per heavy atom. The van der Waals surface area contributed by atoms with Gasteiger partial charge in [-0.05, 0) is 17.3 Å². The number of aryl methyl sites for hydroxylation is 1. The van der Waals surface area contributed by atoms with Gasteiger partial charge in [-0.25, -0.2) is 0 Å². The van der Waals surface area contributed by atoms with Crippen LogP contribution in [0.4, 0.5) is 11.4 Å². The number of benzene rings is 1. The maximum absolute atomic E-state index is 10.9. The van der Waals surface area contributed by atoms with E-state index in [4.69, 9.17) is 10.8 Å². The minimum Gasteiger partial charge on any atom is -0.480 e. The van der Waals surface area contributed by atoms with Crippen molar-refractivity contribution in [2.75, 3.05) is 17.2 Å². The van der Waals surface area contributed by atoms with Gasteiger partial charge in [0.2, 0.25) is 0 Å². The molecule has 0 unspecified atom stereocenters. The number of para-hydroxylation sites is 2. The number of carboxylic acids is 1. The van der Waals surface area contributed by atoms with E-state index in [2.05, 4.69) is 15.4 Å². The lowest BCUT2D eigenvalue weighted by Gasteiger charge is -2.22. The van der Waals surface area contributed by atoms with Gasteiger partial charge in [-0.1, -0.05) is 12.1 Å². The molecule has 0 atom stereocenters. The molecule has 2 rings (SSSR count). The van der Waals surface area contributed by atoms with Gasteiger partial charge in [-0.2, -0.15) is 4.80 Å². The number of aromatic nitrogens is 4. The molecule has 0 aliphatic rings. The predicted molar refractivity (Wildman–Crippen MR) is 68.3 cm³/mol. The first kappa shape index (κ1) is 12.8. The van der Waals surface area contributed by atoms with E-state index in [1.54, 1.807) is 36.2 Å². The number of nitrogen functional groups attached to an aromatic ring is 1.